The van der Waals surface area contributed by atoms with Crippen molar-refractivity contribution in [1.82, 2.24) is 0 Å². The van der Waals surface area contributed by atoms with Gasteiger partial charge in [0.15, 0.2) is 0 Å². The number of halogens is 1. The Balaban J connectivity index is 2.11. The minimum absolute atomic E-state index is 0.0306. The Morgan fingerprint density at radius 2 is 2.16 bits per heavy atom. The molecule has 2 unspecified atom stereocenters. The van der Waals surface area contributed by atoms with E-state index in [4.69, 9.17) is 5.11 Å². The van der Waals surface area contributed by atoms with Gasteiger partial charge in [0.2, 0.25) is 5.91 Å². The first-order valence-electron chi connectivity index (χ1n) is 5.99. The molecule has 1 aliphatic carbocycles. The van der Waals surface area contributed by atoms with Gasteiger partial charge in [-0.2, -0.15) is 0 Å². The lowest BCUT2D eigenvalue weighted by Gasteiger charge is -2.06. The van der Waals surface area contributed by atoms with Gasteiger partial charge in [-0.25, -0.2) is 9.18 Å². The van der Waals surface area contributed by atoms with Crippen LogP contribution in [0, 0.1) is 17.7 Å². The highest BCUT2D eigenvalue weighted by molar-refractivity contribution is 5.94. The van der Waals surface area contributed by atoms with E-state index in [2.05, 4.69) is 5.32 Å². The number of benzene rings is 1. The van der Waals surface area contributed by atoms with Gasteiger partial charge in [-0.15, -0.1) is 0 Å². The first-order chi connectivity index (χ1) is 8.97. The average molecular weight is 263 g/mol. The normalized spacial score (nSPS) is 21.4. The molecule has 19 heavy (non-hydrogen) atoms. The Labute approximate surface area is 109 Å². The summed E-state index contributed by atoms with van der Waals surface area (Å²) in [5.74, 6) is -1.34. The zero-order valence-corrected chi connectivity index (χ0v) is 10.4. The average Bonchev–Trinajstić information content (AvgIpc) is 3.07. The van der Waals surface area contributed by atoms with Crippen LogP contribution in [-0.4, -0.2) is 17.0 Å². The number of anilines is 1. The Morgan fingerprint density at radius 3 is 2.74 bits per heavy atom. The largest absolute Gasteiger partial charge is 0.478 e. The zero-order valence-electron chi connectivity index (χ0n) is 10.4. The van der Waals surface area contributed by atoms with E-state index in [9.17, 15) is 14.0 Å². The second-order valence-corrected chi connectivity index (χ2v) is 4.72. The Hall–Kier alpha value is -2.17. The summed E-state index contributed by atoms with van der Waals surface area (Å²) in [6, 6.07) is 4.07. The van der Waals surface area contributed by atoms with E-state index in [1.807, 2.05) is 6.92 Å². The molecular weight excluding hydrogens is 249 g/mol. The van der Waals surface area contributed by atoms with Crippen LogP contribution in [0.4, 0.5) is 10.1 Å². The molecule has 100 valence electrons. The summed E-state index contributed by atoms with van der Waals surface area (Å²) in [5.41, 5.74) is 0.597. The Bertz CT molecular complexity index is 554. The molecule has 1 saturated carbocycles. The number of rotatable bonds is 4. The van der Waals surface area contributed by atoms with Crippen LogP contribution in [-0.2, 0) is 9.59 Å². The fraction of sp³-hybridized carbons (Fsp3) is 0.286. The molecule has 0 aliphatic heterocycles. The molecule has 2 N–H and O–H groups in total. The molecule has 5 heteroatoms. The molecule has 2 atom stereocenters. The van der Waals surface area contributed by atoms with Crippen molar-refractivity contribution < 1.29 is 19.1 Å². The molecule has 0 heterocycles. The van der Waals surface area contributed by atoms with E-state index in [1.54, 1.807) is 0 Å². The van der Waals surface area contributed by atoms with Crippen molar-refractivity contribution >= 4 is 23.6 Å². The topological polar surface area (TPSA) is 66.4 Å². The molecule has 1 aromatic carbocycles. The van der Waals surface area contributed by atoms with E-state index in [0.29, 0.717) is 11.6 Å². The molecular formula is C14H14FNO3. The lowest BCUT2D eigenvalue weighted by atomic mass is 10.1. The SMILES string of the molecule is CC1CC1C(=O)Nc1ccc(F)c(/C=C/C(=O)O)c1. The molecule has 1 amide bonds. The molecule has 0 saturated heterocycles. The van der Waals surface area contributed by atoms with Crippen LogP contribution in [0.15, 0.2) is 24.3 Å². The zero-order chi connectivity index (χ0) is 14.0. The van der Waals surface area contributed by atoms with Crippen molar-refractivity contribution in [1.29, 1.82) is 0 Å². The molecule has 1 aromatic rings. The highest BCUT2D eigenvalue weighted by Gasteiger charge is 2.39. The Kier molecular flexibility index (Phi) is 3.64. The Morgan fingerprint density at radius 1 is 1.47 bits per heavy atom. The van der Waals surface area contributed by atoms with Crippen LogP contribution in [0.25, 0.3) is 6.08 Å². The molecule has 0 spiro atoms. The first kappa shape index (κ1) is 13.3. The van der Waals surface area contributed by atoms with Gasteiger partial charge in [0.25, 0.3) is 0 Å². The second kappa shape index (κ2) is 5.22. The summed E-state index contributed by atoms with van der Waals surface area (Å²) in [7, 11) is 0. The minimum atomic E-state index is -1.15. The maximum Gasteiger partial charge on any atom is 0.328 e. The summed E-state index contributed by atoms with van der Waals surface area (Å²) in [6.45, 7) is 2.00. The van der Waals surface area contributed by atoms with Crippen molar-refractivity contribution in [3.05, 3.63) is 35.7 Å². The molecule has 2 rings (SSSR count). The van der Waals surface area contributed by atoms with Crippen LogP contribution in [0.2, 0.25) is 0 Å². The van der Waals surface area contributed by atoms with Gasteiger partial charge in [-0.3, -0.25) is 4.79 Å². The van der Waals surface area contributed by atoms with Crippen molar-refractivity contribution in [2.45, 2.75) is 13.3 Å². The number of aliphatic carboxylic acids is 1. The maximum absolute atomic E-state index is 13.4. The van der Waals surface area contributed by atoms with E-state index >= 15 is 0 Å². The fourth-order valence-corrected chi connectivity index (χ4v) is 1.83. The van der Waals surface area contributed by atoms with Gasteiger partial charge in [-0.1, -0.05) is 6.92 Å². The molecule has 0 bridgehead atoms. The summed E-state index contributed by atoms with van der Waals surface area (Å²) in [6.07, 6.45) is 2.89. The van der Waals surface area contributed by atoms with Crippen molar-refractivity contribution in [2.75, 3.05) is 5.32 Å². The third-order valence-electron chi connectivity index (χ3n) is 3.12. The maximum atomic E-state index is 13.4. The van der Waals surface area contributed by atoms with Crippen molar-refractivity contribution in [3.8, 4) is 0 Å². The van der Waals surface area contributed by atoms with Crippen LogP contribution in [0.3, 0.4) is 0 Å². The van der Waals surface area contributed by atoms with Gasteiger partial charge in [0.1, 0.15) is 5.82 Å². The van der Waals surface area contributed by atoms with Gasteiger partial charge >= 0.3 is 5.97 Å². The van der Waals surface area contributed by atoms with Crippen LogP contribution in [0.1, 0.15) is 18.9 Å². The smallest absolute Gasteiger partial charge is 0.328 e. The third kappa shape index (κ3) is 3.40. The second-order valence-electron chi connectivity index (χ2n) is 4.72. The number of carbonyl (C=O) groups excluding carboxylic acids is 1. The standard InChI is InChI=1S/C14H14FNO3/c1-8-6-11(8)14(19)16-10-3-4-12(15)9(7-10)2-5-13(17)18/h2-5,7-8,11H,6H2,1H3,(H,16,19)(H,17,18)/b5-2+. The van der Waals surface area contributed by atoms with Gasteiger partial charge in [-0.05, 0) is 36.6 Å². The van der Waals surface area contributed by atoms with E-state index in [0.717, 1.165) is 18.6 Å². The predicted octanol–water partition coefficient (Wildman–Crippen LogP) is 2.52. The van der Waals surface area contributed by atoms with E-state index in [1.165, 1.54) is 18.2 Å². The van der Waals surface area contributed by atoms with Gasteiger partial charge < -0.3 is 10.4 Å². The molecule has 0 radical (unpaired) electrons. The van der Waals surface area contributed by atoms with Crippen LogP contribution in [0.5, 0.6) is 0 Å². The fourth-order valence-electron chi connectivity index (χ4n) is 1.83. The van der Waals surface area contributed by atoms with E-state index in [-0.39, 0.29) is 17.4 Å². The van der Waals surface area contributed by atoms with Gasteiger partial charge in [0, 0.05) is 23.2 Å². The predicted molar refractivity (Wildman–Crippen MR) is 69.0 cm³/mol. The van der Waals surface area contributed by atoms with Crippen molar-refractivity contribution in [3.63, 3.8) is 0 Å². The molecule has 1 fully saturated rings. The summed E-state index contributed by atoms with van der Waals surface area (Å²) in [5, 5.41) is 11.2. The number of carboxylic acid groups (broad SMARTS) is 1. The third-order valence-corrected chi connectivity index (χ3v) is 3.12. The lowest BCUT2D eigenvalue weighted by Crippen LogP contribution is -2.14. The number of nitrogens with one attached hydrogen (secondary N) is 1. The highest BCUT2D eigenvalue weighted by Crippen LogP contribution is 2.38. The van der Waals surface area contributed by atoms with Gasteiger partial charge in [0.05, 0.1) is 0 Å². The minimum Gasteiger partial charge on any atom is -0.478 e. The first-order valence-corrected chi connectivity index (χ1v) is 5.99. The molecule has 4 nitrogen and oxygen atoms in total. The lowest BCUT2D eigenvalue weighted by molar-refractivity contribution is -0.131. The molecule has 0 aromatic heterocycles. The summed E-state index contributed by atoms with van der Waals surface area (Å²) in [4.78, 5) is 22.1. The van der Waals surface area contributed by atoms with Crippen LogP contribution < -0.4 is 5.32 Å². The number of hydrogen-bond acceptors (Lipinski definition) is 2. The number of carboxylic acids is 1. The summed E-state index contributed by atoms with van der Waals surface area (Å²) >= 11 is 0. The molecule has 1 aliphatic rings. The highest BCUT2D eigenvalue weighted by atomic mass is 19.1. The monoisotopic (exact) mass is 263 g/mol. The number of carbonyl (C=O) groups is 2. The van der Waals surface area contributed by atoms with E-state index < -0.39 is 11.8 Å². The number of amides is 1. The quantitative estimate of drug-likeness (QED) is 0.820. The van der Waals surface area contributed by atoms with Crippen LogP contribution >= 0.6 is 0 Å². The van der Waals surface area contributed by atoms with Crippen molar-refractivity contribution in [2.24, 2.45) is 11.8 Å². The number of hydrogen-bond donors (Lipinski definition) is 2. The summed E-state index contributed by atoms with van der Waals surface area (Å²) < 4.78 is 13.4.